The summed E-state index contributed by atoms with van der Waals surface area (Å²) in [5.74, 6) is -0.0271. The van der Waals surface area contributed by atoms with Crippen molar-refractivity contribution in [1.29, 1.82) is 0 Å². The zero-order valence-electron chi connectivity index (χ0n) is 10.4. The molecular formula is C13H15FN2OS. The number of methoxy groups -OCH3 is 1. The van der Waals surface area contributed by atoms with Gasteiger partial charge in [0.2, 0.25) is 0 Å². The number of aromatic nitrogens is 1. The minimum absolute atomic E-state index is 0.277. The third-order valence-electron chi connectivity index (χ3n) is 2.55. The van der Waals surface area contributed by atoms with E-state index in [1.54, 1.807) is 29.5 Å². The molecule has 1 aromatic heterocycles. The average Bonchev–Trinajstić information content (AvgIpc) is 2.77. The second-order valence-electron chi connectivity index (χ2n) is 3.89. The number of hydrogen-bond acceptors (Lipinski definition) is 4. The van der Waals surface area contributed by atoms with Crippen molar-refractivity contribution in [3.05, 3.63) is 45.7 Å². The van der Waals surface area contributed by atoms with Crippen LogP contribution in [0.3, 0.4) is 0 Å². The van der Waals surface area contributed by atoms with E-state index in [4.69, 9.17) is 4.74 Å². The van der Waals surface area contributed by atoms with Crippen LogP contribution in [0.25, 0.3) is 0 Å². The Hall–Kier alpha value is -1.46. The Morgan fingerprint density at radius 3 is 2.89 bits per heavy atom. The van der Waals surface area contributed by atoms with Crippen molar-refractivity contribution >= 4 is 11.3 Å². The van der Waals surface area contributed by atoms with Gasteiger partial charge in [-0.1, -0.05) is 12.1 Å². The van der Waals surface area contributed by atoms with Crippen LogP contribution in [-0.4, -0.2) is 12.1 Å². The van der Waals surface area contributed by atoms with Crippen molar-refractivity contribution in [2.75, 3.05) is 7.11 Å². The lowest BCUT2D eigenvalue weighted by Gasteiger charge is -2.07. The van der Waals surface area contributed by atoms with E-state index in [0.717, 1.165) is 10.7 Å². The Morgan fingerprint density at radius 1 is 1.39 bits per heavy atom. The van der Waals surface area contributed by atoms with Gasteiger partial charge in [0.1, 0.15) is 0 Å². The lowest BCUT2D eigenvalue weighted by atomic mass is 10.2. The topological polar surface area (TPSA) is 34.1 Å². The average molecular weight is 266 g/mol. The normalized spacial score (nSPS) is 10.6. The predicted molar refractivity (Wildman–Crippen MR) is 70.3 cm³/mol. The van der Waals surface area contributed by atoms with Crippen molar-refractivity contribution in [3.63, 3.8) is 0 Å². The van der Waals surface area contributed by atoms with E-state index in [1.165, 1.54) is 7.11 Å². The highest BCUT2D eigenvalue weighted by Crippen LogP contribution is 2.19. The SMILES string of the molecule is COc1cccc(CNCc2csc(C)n2)c1F. The molecule has 1 N–H and O–H groups in total. The number of ether oxygens (including phenoxy) is 1. The van der Waals surface area contributed by atoms with Crippen LogP contribution >= 0.6 is 11.3 Å². The number of thiazole rings is 1. The maximum Gasteiger partial charge on any atom is 0.169 e. The fraction of sp³-hybridized carbons (Fsp3) is 0.308. The summed E-state index contributed by atoms with van der Waals surface area (Å²) < 4.78 is 18.8. The maximum atomic E-state index is 13.8. The molecule has 96 valence electrons. The first-order valence-electron chi connectivity index (χ1n) is 5.64. The van der Waals surface area contributed by atoms with Gasteiger partial charge in [-0.15, -0.1) is 11.3 Å². The molecule has 18 heavy (non-hydrogen) atoms. The summed E-state index contributed by atoms with van der Waals surface area (Å²) in [5.41, 5.74) is 1.59. The first-order valence-corrected chi connectivity index (χ1v) is 6.51. The van der Waals surface area contributed by atoms with Crippen molar-refractivity contribution < 1.29 is 9.13 Å². The number of hydrogen-bond donors (Lipinski definition) is 1. The molecule has 0 aliphatic carbocycles. The second-order valence-corrected chi connectivity index (χ2v) is 4.96. The van der Waals surface area contributed by atoms with E-state index in [1.807, 2.05) is 12.3 Å². The minimum Gasteiger partial charge on any atom is -0.494 e. The quantitative estimate of drug-likeness (QED) is 0.903. The zero-order valence-corrected chi connectivity index (χ0v) is 11.2. The lowest BCUT2D eigenvalue weighted by molar-refractivity contribution is 0.383. The zero-order chi connectivity index (χ0) is 13.0. The second kappa shape index (κ2) is 5.93. The Morgan fingerprint density at radius 2 is 2.22 bits per heavy atom. The summed E-state index contributed by atoms with van der Waals surface area (Å²) in [7, 11) is 1.47. The van der Waals surface area contributed by atoms with Crippen molar-refractivity contribution in [2.24, 2.45) is 0 Å². The van der Waals surface area contributed by atoms with Crippen LogP contribution in [-0.2, 0) is 13.1 Å². The van der Waals surface area contributed by atoms with Crippen molar-refractivity contribution in [2.45, 2.75) is 20.0 Å². The molecule has 0 bridgehead atoms. The Kier molecular flexibility index (Phi) is 4.28. The highest BCUT2D eigenvalue weighted by Gasteiger charge is 2.07. The molecule has 1 aromatic carbocycles. The molecular weight excluding hydrogens is 251 g/mol. The summed E-state index contributed by atoms with van der Waals surface area (Å²) in [6.45, 7) is 3.07. The molecule has 0 amide bonds. The molecule has 0 saturated heterocycles. The van der Waals surface area contributed by atoms with Gasteiger partial charge >= 0.3 is 0 Å². The fourth-order valence-electron chi connectivity index (χ4n) is 1.67. The van der Waals surface area contributed by atoms with Gasteiger partial charge in [-0.25, -0.2) is 9.37 Å². The van der Waals surface area contributed by atoms with Crippen LogP contribution in [0.2, 0.25) is 0 Å². The van der Waals surface area contributed by atoms with Crippen LogP contribution in [0.4, 0.5) is 4.39 Å². The van der Waals surface area contributed by atoms with E-state index in [9.17, 15) is 4.39 Å². The summed E-state index contributed by atoms with van der Waals surface area (Å²) in [5, 5.41) is 6.22. The summed E-state index contributed by atoms with van der Waals surface area (Å²) in [4.78, 5) is 4.34. The summed E-state index contributed by atoms with van der Waals surface area (Å²) in [6.07, 6.45) is 0. The predicted octanol–water partition coefficient (Wildman–Crippen LogP) is 2.89. The number of benzene rings is 1. The highest BCUT2D eigenvalue weighted by molar-refractivity contribution is 7.09. The van der Waals surface area contributed by atoms with E-state index in [0.29, 0.717) is 18.7 Å². The fourth-order valence-corrected chi connectivity index (χ4v) is 2.28. The minimum atomic E-state index is -0.304. The van der Waals surface area contributed by atoms with Gasteiger partial charge in [-0.05, 0) is 13.0 Å². The molecule has 0 saturated carbocycles. The van der Waals surface area contributed by atoms with Gasteiger partial charge in [0.05, 0.1) is 17.8 Å². The maximum absolute atomic E-state index is 13.8. The van der Waals surface area contributed by atoms with Crippen LogP contribution in [0, 0.1) is 12.7 Å². The van der Waals surface area contributed by atoms with Crippen molar-refractivity contribution in [1.82, 2.24) is 10.3 Å². The Balaban J connectivity index is 1.94. The standard InChI is InChI=1S/C13H15FN2OS/c1-9-16-11(8-18-9)7-15-6-10-4-3-5-12(17-2)13(10)14/h3-5,8,15H,6-7H2,1-2H3. The largest absolute Gasteiger partial charge is 0.494 e. The Labute approximate surface area is 110 Å². The molecule has 0 radical (unpaired) electrons. The van der Waals surface area contributed by atoms with Gasteiger partial charge in [0.25, 0.3) is 0 Å². The van der Waals surface area contributed by atoms with Gasteiger partial charge in [-0.3, -0.25) is 0 Å². The third-order valence-corrected chi connectivity index (χ3v) is 3.37. The molecule has 0 unspecified atom stereocenters. The number of aryl methyl sites for hydroxylation is 1. The number of halogens is 1. The first kappa shape index (κ1) is 13.0. The molecule has 0 aliphatic heterocycles. The number of rotatable bonds is 5. The number of nitrogens with zero attached hydrogens (tertiary/aromatic N) is 1. The highest BCUT2D eigenvalue weighted by atomic mass is 32.1. The van der Waals surface area contributed by atoms with Gasteiger partial charge in [0, 0.05) is 24.0 Å². The molecule has 0 atom stereocenters. The van der Waals surface area contributed by atoms with Gasteiger partial charge in [-0.2, -0.15) is 0 Å². The smallest absolute Gasteiger partial charge is 0.169 e. The first-order chi connectivity index (χ1) is 8.70. The lowest BCUT2D eigenvalue weighted by Crippen LogP contribution is -2.14. The summed E-state index contributed by atoms with van der Waals surface area (Å²) in [6, 6.07) is 5.14. The van der Waals surface area contributed by atoms with Gasteiger partial charge in [0.15, 0.2) is 11.6 Å². The van der Waals surface area contributed by atoms with Crippen molar-refractivity contribution in [3.8, 4) is 5.75 Å². The molecule has 3 nitrogen and oxygen atoms in total. The molecule has 2 rings (SSSR count). The monoisotopic (exact) mass is 266 g/mol. The molecule has 2 aromatic rings. The van der Waals surface area contributed by atoms with Crippen LogP contribution in [0.5, 0.6) is 5.75 Å². The summed E-state index contributed by atoms with van der Waals surface area (Å²) >= 11 is 1.61. The van der Waals surface area contributed by atoms with E-state index in [-0.39, 0.29) is 11.6 Å². The van der Waals surface area contributed by atoms with Crippen LogP contribution < -0.4 is 10.1 Å². The molecule has 0 spiro atoms. The number of nitrogens with one attached hydrogen (secondary N) is 1. The van der Waals surface area contributed by atoms with E-state index in [2.05, 4.69) is 10.3 Å². The third kappa shape index (κ3) is 3.05. The molecule has 0 fully saturated rings. The molecule has 1 heterocycles. The van der Waals surface area contributed by atoms with Crippen LogP contribution in [0.1, 0.15) is 16.3 Å². The Bertz CT molecular complexity index is 527. The van der Waals surface area contributed by atoms with E-state index < -0.39 is 0 Å². The van der Waals surface area contributed by atoms with E-state index >= 15 is 0 Å². The molecule has 0 aliphatic rings. The van der Waals surface area contributed by atoms with Crippen LogP contribution in [0.15, 0.2) is 23.6 Å². The van der Waals surface area contributed by atoms with Gasteiger partial charge < -0.3 is 10.1 Å². The molecule has 5 heteroatoms.